The molecular weight excluding hydrogens is 366 g/mol. The normalized spacial score (nSPS) is 16.2. The Kier molecular flexibility index (Phi) is 6.30. The molecule has 0 bridgehead atoms. The Balaban J connectivity index is 1.64. The molecule has 0 spiro atoms. The predicted molar refractivity (Wildman–Crippen MR) is 103 cm³/mol. The third-order valence-electron chi connectivity index (χ3n) is 4.73. The lowest BCUT2D eigenvalue weighted by atomic mass is 10.2. The van der Waals surface area contributed by atoms with Gasteiger partial charge in [-0.15, -0.1) is 0 Å². The van der Waals surface area contributed by atoms with Gasteiger partial charge < -0.3 is 14.4 Å². The second-order valence-electron chi connectivity index (χ2n) is 6.33. The molecule has 0 saturated carbocycles. The maximum absolute atomic E-state index is 13.1. The molecule has 0 atom stereocenters. The molecule has 0 unspecified atom stereocenters. The molecule has 1 saturated heterocycles. The average molecular weight is 391 g/mol. The van der Waals surface area contributed by atoms with E-state index >= 15 is 0 Å². The number of sulfonamides is 1. The van der Waals surface area contributed by atoms with Gasteiger partial charge >= 0.3 is 0 Å². The Bertz CT molecular complexity index is 851. The van der Waals surface area contributed by atoms with Crippen molar-refractivity contribution in [3.63, 3.8) is 0 Å². The van der Waals surface area contributed by atoms with E-state index in [1.54, 1.807) is 18.3 Å². The summed E-state index contributed by atoms with van der Waals surface area (Å²) >= 11 is 0. The number of methoxy groups -OCH3 is 2. The lowest BCUT2D eigenvalue weighted by Crippen LogP contribution is -2.49. The number of ether oxygens (including phenoxy) is 2. The monoisotopic (exact) mass is 391 g/mol. The summed E-state index contributed by atoms with van der Waals surface area (Å²) in [5.41, 5.74) is 1.05. The largest absolute Gasteiger partial charge is 0.497 e. The van der Waals surface area contributed by atoms with Crippen molar-refractivity contribution >= 4 is 10.0 Å². The van der Waals surface area contributed by atoms with Gasteiger partial charge in [0, 0.05) is 57.1 Å². The number of piperazine rings is 1. The Hall–Kier alpha value is -2.16. The first-order valence-electron chi connectivity index (χ1n) is 8.89. The van der Waals surface area contributed by atoms with Crippen LogP contribution in [0.1, 0.15) is 5.69 Å². The van der Waals surface area contributed by atoms with Crippen molar-refractivity contribution in [1.29, 1.82) is 0 Å². The van der Waals surface area contributed by atoms with Crippen LogP contribution in [0.2, 0.25) is 0 Å². The summed E-state index contributed by atoms with van der Waals surface area (Å²) in [7, 11) is -0.657. The zero-order valence-electron chi connectivity index (χ0n) is 15.7. The van der Waals surface area contributed by atoms with Crippen molar-refractivity contribution in [2.75, 3.05) is 46.9 Å². The van der Waals surface area contributed by atoms with Gasteiger partial charge in [-0.2, -0.15) is 4.31 Å². The molecule has 2 heterocycles. The quantitative estimate of drug-likeness (QED) is 0.715. The maximum Gasteiger partial charge on any atom is 0.246 e. The molecule has 2 aromatic rings. The van der Waals surface area contributed by atoms with Gasteiger partial charge in [0.05, 0.1) is 14.2 Å². The second-order valence-corrected chi connectivity index (χ2v) is 8.24. The SMILES string of the molecule is COc1ccc(OC)c(S(=O)(=O)N2CCN(CCc3ccccn3)CC2)c1. The fourth-order valence-electron chi connectivity index (χ4n) is 3.14. The van der Waals surface area contributed by atoms with Gasteiger partial charge in [-0.3, -0.25) is 4.98 Å². The summed E-state index contributed by atoms with van der Waals surface area (Å²) in [6.07, 6.45) is 2.65. The summed E-state index contributed by atoms with van der Waals surface area (Å²) in [5.74, 6) is 0.816. The predicted octanol–water partition coefficient (Wildman–Crippen LogP) is 1.65. The molecule has 0 amide bonds. The van der Waals surface area contributed by atoms with E-state index in [0.717, 1.165) is 18.7 Å². The number of hydrogen-bond acceptors (Lipinski definition) is 6. The summed E-state index contributed by atoms with van der Waals surface area (Å²) in [6, 6.07) is 10.7. The van der Waals surface area contributed by atoms with Crippen LogP contribution in [0.3, 0.4) is 0 Å². The number of hydrogen-bond donors (Lipinski definition) is 0. The summed E-state index contributed by atoms with van der Waals surface area (Å²) in [5, 5.41) is 0. The smallest absolute Gasteiger partial charge is 0.246 e. The van der Waals surface area contributed by atoms with Gasteiger partial charge in [0.1, 0.15) is 16.4 Å². The first-order valence-corrected chi connectivity index (χ1v) is 10.3. The van der Waals surface area contributed by atoms with Gasteiger partial charge in [-0.1, -0.05) is 6.07 Å². The van der Waals surface area contributed by atoms with E-state index in [9.17, 15) is 8.42 Å². The molecule has 3 rings (SSSR count). The van der Waals surface area contributed by atoms with Gasteiger partial charge in [-0.05, 0) is 24.3 Å². The molecule has 1 aliphatic heterocycles. The van der Waals surface area contributed by atoms with Gasteiger partial charge in [0.15, 0.2) is 0 Å². The van der Waals surface area contributed by atoms with E-state index < -0.39 is 10.0 Å². The van der Waals surface area contributed by atoms with E-state index in [1.165, 1.54) is 24.6 Å². The maximum atomic E-state index is 13.1. The van der Waals surface area contributed by atoms with Crippen LogP contribution in [0.15, 0.2) is 47.5 Å². The molecule has 0 aliphatic carbocycles. The summed E-state index contributed by atoms with van der Waals surface area (Å²) < 4.78 is 38.1. The molecule has 8 heteroatoms. The minimum absolute atomic E-state index is 0.145. The molecule has 1 fully saturated rings. The molecule has 0 radical (unpaired) electrons. The second kappa shape index (κ2) is 8.69. The highest BCUT2D eigenvalue weighted by molar-refractivity contribution is 7.89. The van der Waals surface area contributed by atoms with Gasteiger partial charge in [-0.25, -0.2) is 8.42 Å². The third kappa shape index (κ3) is 4.58. The van der Waals surface area contributed by atoms with Crippen LogP contribution >= 0.6 is 0 Å². The van der Waals surface area contributed by atoms with Crippen LogP contribution in [-0.4, -0.2) is 69.6 Å². The highest BCUT2D eigenvalue weighted by Crippen LogP contribution is 2.31. The molecule has 1 aromatic carbocycles. The Morgan fingerprint density at radius 1 is 1.04 bits per heavy atom. The van der Waals surface area contributed by atoms with Crippen molar-refractivity contribution in [3.8, 4) is 11.5 Å². The molecule has 7 nitrogen and oxygen atoms in total. The Morgan fingerprint density at radius 3 is 2.44 bits per heavy atom. The van der Waals surface area contributed by atoms with Crippen LogP contribution in [-0.2, 0) is 16.4 Å². The van der Waals surface area contributed by atoms with Gasteiger partial charge in [0.25, 0.3) is 0 Å². The first kappa shape index (κ1) is 19.6. The molecule has 1 aliphatic rings. The fraction of sp³-hybridized carbons (Fsp3) is 0.421. The van der Waals surface area contributed by atoms with E-state index in [4.69, 9.17) is 9.47 Å². The number of nitrogens with zero attached hydrogens (tertiary/aromatic N) is 3. The molecular formula is C19H25N3O4S. The van der Waals surface area contributed by atoms with Crippen LogP contribution < -0.4 is 9.47 Å². The van der Waals surface area contributed by atoms with Crippen molar-refractivity contribution < 1.29 is 17.9 Å². The number of benzene rings is 1. The molecule has 146 valence electrons. The highest BCUT2D eigenvalue weighted by atomic mass is 32.2. The minimum atomic E-state index is -3.64. The Morgan fingerprint density at radius 2 is 1.81 bits per heavy atom. The van der Waals surface area contributed by atoms with Gasteiger partial charge in [0.2, 0.25) is 10.0 Å². The van der Waals surface area contributed by atoms with E-state index in [2.05, 4.69) is 9.88 Å². The average Bonchev–Trinajstić information content (AvgIpc) is 2.72. The summed E-state index contributed by atoms with van der Waals surface area (Å²) in [4.78, 5) is 6.75. The minimum Gasteiger partial charge on any atom is -0.497 e. The number of pyridine rings is 1. The number of aromatic nitrogens is 1. The first-order chi connectivity index (χ1) is 13.0. The lowest BCUT2D eigenvalue weighted by molar-refractivity contribution is 0.189. The van der Waals surface area contributed by atoms with Crippen molar-refractivity contribution in [2.45, 2.75) is 11.3 Å². The van der Waals surface area contributed by atoms with Crippen LogP contribution in [0.25, 0.3) is 0 Å². The Labute approximate surface area is 160 Å². The molecule has 1 aromatic heterocycles. The summed E-state index contributed by atoms with van der Waals surface area (Å²) in [6.45, 7) is 3.15. The van der Waals surface area contributed by atoms with Crippen LogP contribution in [0.4, 0.5) is 0 Å². The molecule has 27 heavy (non-hydrogen) atoms. The topological polar surface area (TPSA) is 72.0 Å². The molecule has 0 N–H and O–H groups in total. The zero-order chi connectivity index (χ0) is 19.3. The van der Waals surface area contributed by atoms with Crippen LogP contribution in [0.5, 0.6) is 11.5 Å². The zero-order valence-corrected chi connectivity index (χ0v) is 16.5. The third-order valence-corrected chi connectivity index (χ3v) is 6.65. The number of rotatable bonds is 7. The van der Waals surface area contributed by atoms with Crippen molar-refractivity contribution in [2.24, 2.45) is 0 Å². The highest BCUT2D eigenvalue weighted by Gasteiger charge is 2.31. The van der Waals surface area contributed by atoms with Crippen molar-refractivity contribution in [3.05, 3.63) is 48.3 Å². The van der Waals surface area contributed by atoms with E-state index in [-0.39, 0.29) is 4.90 Å². The van der Waals surface area contributed by atoms with Crippen LogP contribution in [0, 0.1) is 0 Å². The lowest BCUT2D eigenvalue weighted by Gasteiger charge is -2.34. The fourth-order valence-corrected chi connectivity index (χ4v) is 4.73. The van der Waals surface area contributed by atoms with E-state index in [0.29, 0.717) is 37.7 Å². The van der Waals surface area contributed by atoms with E-state index in [1.807, 2.05) is 18.2 Å². The van der Waals surface area contributed by atoms with Crippen molar-refractivity contribution in [1.82, 2.24) is 14.2 Å². The standard InChI is InChI=1S/C19H25N3O4S/c1-25-17-6-7-18(26-2)19(15-17)27(23,24)22-13-11-21(12-14-22)10-8-16-5-3-4-9-20-16/h3-7,9,15H,8,10-14H2,1-2H3.